The topological polar surface area (TPSA) is 132 Å². The quantitative estimate of drug-likeness (QED) is 0.312. The van der Waals surface area contributed by atoms with Crippen LogP contribution in [0.15, 0.2) is 46.2 Å². The van der Waals surface area contributed by atoms with E-state index < -0.39 is 28.7 Å². The normalized spacial score (nSPS) is 14.1. The van der Waals surface area contributed by atoms with Crippen LogP contribution < -0.4 is 16.0 Å². The number of fused-ring (bicyclic) bond motifs is 1. The van der Waals surface area contributed by atoms with E-state index in [0.717, 1.165) is 17.4 Å². The number of methoxy groups -OCH3 is 1. The van der Waals surface area contributed by atoms with E-state index in [1.165, 1.54) is 42.1 Å². The summed E-state index contributed by atoms with van der Waals surface area (Å²) in [4.78, 5) is 43.8. The van der Waals surface area contributed by atoms with Crippen LogP contribution in [0.5, 0.6) is 5.75 Å². The van der Waals surface area contributed by atoms with Crippen molar-refractivity contribution >= 4 is 27.5 Å². The van der Waals surface area contributed by atoms with Crippen molar-refractivity contribution in [3.63, 3.8) is 0 Å². The fourth-order valence-electron chi connectivity index (χ4n) is 5.21. The van der Waals surface area contributed by atoms with Crippen LogP contribution in [-0.2, 0) is 23.3 Å². The average molecular weight is 616 g/mol. The number of ether oxygens (including phenoxy) is 1. The first kappa shape index (κ1) is 32.1. The van der Waals surface area contributed by atoms with Crippen LogP contribution in [0.2, 0.25) is 0 Å². The summed E-state index contributed by atoms with van der Waals surface area (Å²) in [7, 11) is 1.51. The summed E-state index contributed by atoms with van der Waals surface area (Å²) in [5.74, 6) is -0.159. The molecule has 0 saturated carbocycles. The zero-order valence-corrected chi connectivity index (χ0v) is 25.9. The standard InChI is InChI=1S/C27H30FN5O4S.C3H8O2/c1-17-21-22(34)33(27(2,3)25(35)30-12-5-6-13-30)26(36)31(24(21)38-23(17)32-14-7-11-29-32)15-10-18-16-19(28)8-9-20(18)37-4;1-3(5)2-4/h7-9,11,14,16H,5-6,10,12-13,15H2,1-4H3;3-5H,2H2,1H3. The zero-order valence-electron chi connectivity index (χ0n) is 25.0. The third-order valence-electron chi connectivity index (χ3n) is 7.49. The van der Waals surface area contributed by atoms with E-state index >= 15 is 0 Å². The molecule has 0 radical (unpaired) electrons. The molecule has 0 spiro atoms. The molecule has 0 aliphatic carbocycles. The molecular formula is C30H38FN5O6S. The molecule has 11 nitrogen and oxygen atoms in total. The molecule has 1 aliphatic heterocycles. The van der Waals surface area contributed by atoms with Crippen LogP contribution in [0.3, 0.4) is 0 Å². The summed E-state index contributed by atoms with van der Waals surface area (Å²) in [5.41, 5.74) is -1.21. The van der Waals surface area contributed by atoms with Gasteiger partial charge in [0, 0.05) is 37.6 Å². The SMILES string of the molecule is CC(O)CO.COc1ccc(F)cc1CCn1c(=O)n(C(C)(C)C(=O)N2CCCC2)c(=O)c2c(C)c(-n3cccn3)sc21. The number of thiophene rings is 1. The smallest absolute Gasteiger partial charge is 0.333 e. The third kappa shape index (κ3) is 6.43. The first-order valence-corrected chi connectivity index (χ1v) is 14.9. The first-order valence-electron chi connectivity index (χ1n) is 14.1. The van der Waals surface area contributed by atoms with Gasteiger partial charge in [-0.2, -0.15) is 5.10 Å². The number of aliphatic hydroxyl groups excluding tert-OH is 2. The zero-order chi connectivity index (χ0) is 31.5. The van der Waals surface area contributed by atoms with E-state index in [1.54, 1.807) is 48.0 Å². The lowest BCUT2D eigenvalue weighted by Crippen LogP contribution is -2.56. The molecule has 1 aromatic carbocycles. The molecule has 1 fully saturated rings. The van der Waals surface area contributed by atoms with E-state index in [1.807, 2.05) is 6.92 Å². The van der Waals surface area contributed by atoms with E-state index in [4.69, 9.17) is 14.9 Å². The molecule has 232 valence electrons. The molecule has 1 amide bonds. The molecule has 2 N–H and O–H groups in total. The van der Waals surface area contributed by atoms with Gasteiger partial charge in [0.2, 0.25) is 5.91 Å². The second-order valence-corrected chi connectivity index (χ2v) is 12.0. The van der Waals surface area contributed by atoms with Crippen LogP contribution in [-0.4, -0.2) is 72.8 Å². The molecule has 43 heavy (non-hydrogen) atoms. The number of halogens is 1. The molecule has 13 heteroatoms. The maximum Gasteiger partial charge on any atom is 0.333 e. The van der Waals surface area contributed by atoms with Gasteiger partial charge in [0.05, 0.1) is 25.2 Å². The predicted octanol–water partition coefficient (Wildman–Crippen LogP) is 2.83. The largest absolute Gasteiger partial charge is 0.496 e. The van der Waals surface area contributed by atoms with Gasteiger partial charge in [0.1, 0.15) is 26.9 Å². The Balaban J connectivity index is 0.000000782. The van der Waals surface area contributed by atoms with Crippen molar-refractivity contribution in [3.8, 4) is 10.8 Å². The fraction of sp³-hybridized carbons (Fsp3) is 0.467. The van der Waals surface area contributed by atoms with Gasteiger partial charge >= 0.3 is 5.69 Å². The number of hydrogen-bond donors (Lipinski definition) is 2. The van der Waals surface area contributed by atoms with E-state index in [-0.39, 0.29) is 25.5 Å². The molecule has 1 saturated heterocycles. The molecule has 5 rings (SSSR count). The van der Waals surface area contributed by atoms with Gasteiger partial charge in [0.15, 0.2) is 0 Å². The number of benzene rings is 1. The van der Waals surface area contributed by atoms with E-state index in [9.17, 15) is 18.8 Å². The second kappa shape index (κ2) is 13.2. The minimum absolute atomic E-state index is 0.139. The number of nitrogens with zero attached hydrogens (tertiary/aromatic N) is 5. The average Bonchev–Trinajstić information content (AvgIpc) is 3.75. The number of aromatic nitrogens is 4. The van der Waals surface area contributed by atoms with Crippen LogP contribution in [0.1, 0.15) is 44.7 Å². The van der Waals surface area contributed by atoms with Gasteiger partial charge < -0.3 is 19.8 Å². The molecule has 1 unspecified atom stereocenters. The number of rotatable bonds is 8. The van der Waals surface area contributed by atoms with E-state index in [2.05, 4.69) is 5.10 Å². The van der Waals surface area contributed by atoms with Crippen molar-refractivity contribution in [3.05, 3.63) is 74.4 Å². The van der Waals surface area contributed by atoms with Crippen LogP contribution in [0, 0.1) is 12.7 Å². The van der Waals surface area contributed by atoms with Crippen molar-refractivity contribution in [1.29, 1.82) is 0 Å². The lowest BCUT2D eigenvalue weighted by molar-refractivity contribution is -0.138. The predicted molar refractivity (Wildman–Crippen MR) is 163 cm³/mol. The number of carbonyl (C=O) groups excluding carboxylic acids is 1. The highest BCUT2D eigenvalue weighted by Gasteiger charge is 2.39. The number of carbonyl (C=O) groups is 1. The molecule has 4 heterocycles. The highest BCUT2D eigenvalue weighted by atomic mass is 32.1. The summed E-state index contributed by atoms with van der Waals surface area (Å²) in [6.45, 7) is 7.82. The molecule has 1 atom stereocenters. The Kier molecular flexibility index (Phi) is 9.88. The van der Waals surface area contributed by atoms with Crippen molar-refractivity contribution in [2.24, 2.45) is 0 Å². The Bertz CT molecular complexity index is 1700. The van der Waals surface area contributed by atoms with E-state index in [0.29, 0.717) is 45.2 Å². The highest BCUT2D eigenvalue weighted by Crippen LogP contribution is 2.32. The summed E-state index contributed by atoms with van der Waals surface area (Å²) < 4.78 is 23.7. The summed E-state index contributed by atoms with van der Waals surface area (Å²) >= 11 is 1.29. The maximum absolute atomic E-state index is 14.1. The number of aryl methyl sites for hydroxylation is 3. The number of amides is 1. The summed E-state index contributed by atoms with van der Waals surface area (Å²) in [5, 5.41) is 21.4. The molecule has 3 aromatic heterocycles. The minimum Gasteiger partial charge on any atom is -0.496 e. The molecule has 1 aliphatic rings. The Morgan fingerprint density at radius 3 is 2.49 bits per heavy atom. The first-order chi connectivity index (χ1) is 20.4. The van der Waals surface area contributed by atoms with Crippen molar-refractivity contribution in [1.82, 2.24) is 23.8 Å². The monoisotopic (exact) mass is 615 g/mol. The highest BCUT2D eigenvalue weighted by molar-refractivity contribution is 7.21. The number of aliphatic hydroxyl groups is 2. The van der Waals surface area contributed by atoms with Gasteiger partial charge in [-0.25, -0.2) is 18.4 Å². The fourth-order valence-corrected chi connectivity index (χ4v) is 6.47. The third-order valence-corrected chi connectivity index (χ3v) is 8.79. The van der Waals surface area contributed by atoms with Gasteiger partial charge in [-0.15, -0.1) is 0 Å². The van der Waals surface area contributed by atoms with Crippen LogP contribution in [0.4, 0.5) is 4.39 Å². The Hall–Kier alpha value is -3.81. The maximum atomic E-state index is 14.1. The van der Waals surface area contributed by atoms with Crippen LogP contribution >= 0.6 is 11.3 Å². The van der Waals surface area contributed by atoms with Gasteiger partial charge in [-0.1, -0.05) is 11.3 Å². The molecule has 0 bridgehead atoms. The lowest BCUT2D eigenvalue weighted by atomic mass is 10.0. The summed E-state index contributed by atoms with van der Waals surface area (Å²) in [6, 6.07) is 6.03. The van der Waals surface area contributed by atoms with Gasteiger partial charge in [-0.05, 0) is 76.8 Å². The Morgan fingerprint density at radius 2 is 1.91 bits per heavy atom. The Labute approximate surface area is 252 Å². The van der Waals surface area contributed by atoms with Gasteiger partial charge in [-0.3, -0.25) is 14.2 Å². The molecular weight excluding hydrogens is 577 g/mol. The number of hydrogen-bond acceptors (Lipinski definition) is 8. The second-order valence-electron chi connectivity index (χ2n) is 11.0. The van der Waals surface area contributed by atoms with Crippen molar-refractivity contribution in [2.45, 2.75) is 65.1 Å². The van der Waals surface area contributed by atoms with Crippen LogP contribution in [0.25, 0.3) is 15.2 Å². The Morgan fingerprint density at radius 1 is 1.23 bits per heavy atom. The minimum atomic E-state index is -1.40. The summed E-state index contributed by atoms with van der Waals surface area (Å²) in [6.07, 6.45) is 4.93. The van der Waals surface area contributed by atoms with Gasteiger partial charge in [0.25, 0.3) is 5.56 Å². The van der Waals surface area contributed by atoms with Crippen molar-refractivity contribution < 1.29 is 24.1 Å². The molecule has 4 aromatic rings. The number of likely N-dealkylation sites (tertiary alicyclic amines) is 1. The lowest BCUT2D eigenvalue weighted by Gasteiger charge is -2.31. The van der Waals surface area contributed by atoms with Crippen molar-refractivity contribution in [2.75, 3.05) is 26.8 Å².